The third-order valence-electron chi connectivity index (χ3n) is 4.99. The van der Waals surface area contributed by atoms with Crippen LogP contribution >= 0.6 is 34.3 Å². The summed E-state index contributed by atoms with van der Waals surface area (Å²) in [4.78, 5) is 19.7. The molecule has 0 bridgehead atoms. The number of halogens is 1. The lowest BCUT2D eigenvalue weighted by Gasteiger charge is -2.34. The summed E-state index contributed by atoms with van der Waals surface area (Å²) in [5.74, 6) is 0.521. The van der Waals surface area contributed by atoms with Crippen molar-refractivity contribution in [2.75, 3.05) is 31.1 Å². The van der Waals surface area contributed by atoms with Crippen molar-refractivity contribution >= 4 is 55.1 Å². The molecule has 0 N–H and O–H groups in total. The Bertz CT molecular complexity index is 1410. The van der Waals surface area contributed by atoms with Crippen LogP contribution in [0.1, 0.15) is 0 Å². The van der Waals surface area contributed by atoms with Crippen LogP contribution in [0.3, 0.4) is 0 Å². The van der Waals surface area contributed by atoms with E-state index in [2.05, 4.69) is 10.1 Å². The van der Waals surface area contributed by atoms with E-state index >= 15 is 0 Å². The van der Waals surface area contributed by atoms with Crippen LogP contribution in [0.15, 0.2) is 56.8 Å². The summed E-state index contributed by atoms with van der Waals surface area (Å²) >= 11 is 8.76. The van der Waals surface area contributed by atoms with Crippen molar-refractivity contribution in [2.45, 2.75) is 4.21 Å². The monoisotopic (exact) mass is 493 g/mol. The molecule has 4 heterocycles. The van der Waals surface area contributed by atoms with E-state index in [0.29, 0.717) is 51.2 Å². The topological polar surface area (TPSA) is 87.9 Å². The molecule has 8 nitrogen and oxygen atoms in total. The number of rotatable bonds is 4. The molecule has 0 radical (unpaired) electrons. The van der Waals surface area contributed by atoms with E-state index in [1.807, 2.05) is 23.1 Å². The molecule has 0 saturated carbocycles. The van der Waals surface area contributed by atoms with Gasteiger partial charge in [0.2, 0.25) is 4.96 Å². The largest absolute Gasteiger partial charge is 0.354 e. The minimum absolute atomic E-state index is 0.289. The van der Waals surface area contributed by atoms with Crippen molar-refractivity contribution in [2.24, 2.45) is 0 Å². The molecule has 5 rings (SSSR count). The Kier molecular flexibility index (Phi) is 5.30. The van der Waals surface area contributed by atoms with Crippen LogP contribution in [-0.2, 0) is 10.0 Å². The summed E-state index contributed by atoms with van der Waals surface area (Å²) in [6.07, 6.45) is 0. The van der Waals surface area contributed by atoms with Gasteiger partial charge < -0.3 is 4.90 Å². The van der Waals surface area contributed by atoms with Crippen LogP contribution in [0.5, 0.6) is 0 Å². The smallest absolute Gasteiger partial charge is 0.277 e. The highest BCUT2D eigenvalue weighted by atomic mass is 35.5. The number of anilines is 1. The average Bonchev–Trinajstić information content (AvgIpc) is 3.45. The lowest BCUT2D eigenvalue weighted by atomic mass is 10.2. The third kappa shape index (κ3) is 3.76. The van der Waals surface area contributed by atoms with Crippen molar-refractivity contribution in [1.29, 1.82) is 0 Å². The average molecular weight is 494 g/mol. The quantitative estimate of drug-likeness (QED) is 0.434. The first kappa shape index (κ1) is 20.6. The van der Waals surface area contributed by atoms with E-state index in [0.717, 1.165) is 5.56 Å². The number of aromatic nitrogens is 3. The van der Waals surface area contributed by atoms with Crippen molar-refractivity contribution in [3.8, 4) is 10.6 Å². The van der Waals surface area contributed by atoms with E-state index in [9.17, 15) is 13.2 Å². The number of benzene rings is 1. The van der Waals surface area contributed by atoms with Crippen LogP contribution in [0.2, 0.25) is 5.02 Å². The van der Waals surface area contributed by atoms with Gasteiger partial charge in [-0.15, -0.1) is 11.3 Å². The van der Waals surface area contributed by atoms with Gasteiger partial charge in [-0.2, -0.15) is 13.9 Å². The SMILES string of the molecule is O=c1cc(N2CCN(S(=O)(=O)c3cccs3)CC2)nc2sc(-c3ccccc3Cl)nn12. The van der Waals surface area contributed by atoms with Crippen molar-refractivity contribution in [3.05, 3.63) is 63.2 Å². The fourth-order valence-corrected chi connectivity index (χ4v) is 7.19. The van der Waals surface area contributed by atoms with Gasteiger partial charge in [-0.3, -0.25) is 4.79 Å². The maximum atomic E-state index is 12.7. The van der Waals surface area contributed by atoms with Crippen LogP contribution < -0.4 is 10.5 Å². The molecular weight excluding hydrogens is 478 g/mol. The molecule has 1 aliphatic heterocycles. The number of sulfonamides is 1. The molecule has 1 fully saturated rings. The van der Waals surface area contributed by atoms with Crippen LogP contribution in [0, 0.1) is 0 Å². The molecule has 31 heavy (non-hydrogen) atoms. The Morgan fingerprint density at radius 2 is 1.81 bits per heavy atom. The molecule has 0 unspecified atom stereocenters. The molecule has 160 valence electrons. The lowest BCUT2D eigenvalue weighted by Crippen LogP contribution is -2.49. The molecule has 3 aromatic heterocycles. The predicted octanol–water partition coefficient (Wildman–Crippen LogP) is 3.04. The molecule has 0 aliphatic carbocycles. The summed E-state index contributed by atoms with van der Waals surface area (Å²) in [6.45, 7) is 1.55. The molecule has 0 spiro atoms. The maximum absolute atomic E-state index is 12.7. The Hall–Kier alpha value is -2.31. The number of hydrogen-bond acceptors (Lipinski definition) is 8. The zero-order chi connectivity index (χ0) is 21.6. The highest BCUT2D eigenvalue weighted by Gasteiger charge is 2.30. The molecule has 1 saturated heterocycles. The number of fused-ring (bicyclic) bond motifs is 1. The second-order valence-electron chi connectivity index (χ2n) is 6.86. The standard InChI is InChI=1S/C19H16ClN5O3S3/c20-14-5-2-1-4-13(14)18-22-25-16(26)12-15(21-19(25)30-18)23-7-9-24(10-8-23)31(27,28)17-6-3-11-29-17/h1-6,11-12H,7-10H2. The van der Waals surface area contributed by atoms with Crippen LogP contribution in [0.25, 0.3) is 15.5 Å². The lowest BCUT2D eigenvalue weighted by molar-refractivity contribution is 0.385. The van der Waals surface area contributed by atoms with Gasteiger partial charge >= 0.3 is 0 Å². The Morgan fingerprint density at radius 1 is 1.03 bits per heavy atom. The minimum atomic E-state index is -3.48. The molecule has 12 heteroatoms. The fourth-order valence-electron chi connectivity index (χ4n) is 3.40. The minimum Gasteiger partial charge on any atom is -0.354 e. The van der Waals surface area contributed by atoms with E-state index in [1.54, 1.807) is 23.6 Å². The normalized spacial score (nSPS) is 15.6. The van der Waals surface area contributed by atoms with Crippen LogP contribution in [0.4, 0.5) is 5.82 Å². The van der Waals surface area contributed by atoms with Gasteiger partial charge in [0, 0.05) is 37.8 Å². The highest BCUT2D eigenvalue weighted by molar-refractivity contribution is 7.91. The predicted molar refractivity (Wildman–Crippen MR) is 123 cm³/mol. The van der Waals surface area contributed by atoms with E-state index in [-0.39, 0.29) is 5.56 Å². The van der Waals surface area contributed by atoms with Crippen molar-refractivity contribution in [3.63, 3.8) is 0 Å². The summed E-state index contributed by atoms with van der Waals surface area (Å²) in [6, 6.07) is 12.1. The van der Waals surface area contributed by atoms with E-state index < -0.39 is 10.0 Å². The first-order valence-electron chi connectivity index (χ1n) is 9.38. The summed E-state index contributed by atoms with van der Waals surface area (Å²) in [5, 5.41) is 7.29. The van der Waals surface area contributed by atoms with Crippen molar-refractivity contribution in [1.82, 2.24) is 18.9 Å². The fraction of sp³-hybridized carbons (Fsp3) is 0.211. The van der Waals surface area contributed by atoms with Gasteiger partial charge in [0.05, 0.1) is 5.02 Å². The molecule has 1 aromatic carbocycles. The van der Waals surface area contributed by atoms with Gasteiger partial charge in [0.1, 0.15) is 15.0 Å². The summed E-state index contributed by atoms with van der Waals surface area (Å²) in [5.41, 5.74) is 0.455. The number of hydrogen-bond donors (Lipinski definition) is 0. The number of thiophene rings is 1. The summed E-state index contributed by atoms with van der Waals surface area (Å²) < 4.78 is 28.5. The van der Waals surface area contributed by atoms with Crippen molar-refractivity contribution < 1.29 is 8.42 Å². The van der Waals surface area contributed by atoms with E-state index in [1.165, 1.54) is 37.6 Å². The highest BCUT2D eigenvalue weighted by Crippen LogP contribution is 2.31. The zero-order valence-corrected chi connectivity index (χ0v) is 19.2. The Morgan fingerprint density at radius 3 is 2.52 bits per heavy atom. The van der Waals surface area contributed by atoms with E-state index in [4.69, 9.17) is 11.6 Å². The van der Waals surface area contributed by atoms with Gasteiger partial charge in [-0.1, -0.05) is 47.2 Å². The Labute approximate surface area is 191 Å². The van der Waals surface area contributed by atoms with Crippen LogP contribution in [-0.4, -0.2) is 53.5 Å². The zero-order valence-electron chi connectivity index (χ0n) is 16.0. The molecule has 1 aliphatic rings. The summed E-state index contributed by atoms with van der Waals surface area (Å²) in [7, 11) is -3.48. The second kappa shape index (κ2) is 7.99. The Balaban J connectivity index is 1.40. The molecular formula is C19H16ClN5O3S3. The van der Waals surface area contributed by atoms with Gasteiger partial charge in [-0.25, -0.2) is 13.4 Å². The van der Waals surface area contributed by atoms with Gasteiger partial charge in [-0.05, 0) is 17.5 Å². The number of piperazine rings is 1. The molecule has 4 aromatic rings. The first-order chi connectivity index (χ1) is 14.9. The second-order valence-corrected chi connectivity index (χ2v) is 11.3. The molecule has 0 amide bonds. The maximum Gasteiger partial charge on any atom is 0.277 e. The van der Waals surface area contributed by atoms with Gasteiger partial charge in [0.15, 0.2) is 0 Å². The number of nitrogens with zero attached hydrogens (tertiary/aromatic N) is 5. The first-order valence-corrected chi connectivity index (χ1v) is 12.9. The molecule has 0 atom stereocenters. The third-order valence-corrected chi connectivity index (χ3v) is 9.53. The van der Waals surface area contributed by atoms with Gasteiger partial charge in [0.25, 0.3) is 15.6 Å².